The molecule has 208 valence electrons. The fourth-order valence-corrected chi connectivity index (χ4v) is 4.50. The first-order valence-electron chi connectivity index (χ1n) is 12.9. The van der Waals surface area contributed by atoms with Crippen LogP contribution in [-0.2, 0) is 0 Å². The summed E-state index contributed by atoms with van der Waals surface area (Å²) in [5.74, 6) is 0.210. The lowest BCUT2D eigenvalue weighted by Crippen LogP contribution is -2.19. The summed E-state index contributed by atoms with van der Waals surface area (Å²) in [5.41, 5.74) is 5.58. The van der Waals surface area contributed by atoms with Crippen molar-refractivity contribution in [2.45, 2.75) is 13.8 Å². The average Bonchev–Trinajstić information content (AvgIpc) is 3.64. The summed E-state index contributed by atoms with van der Waals surface area (Å²) >= 11 is 6.54. The van der Waals surface area contributed by atoms with Crippen LogP contribution in [0.2, 0.25) is 5.02 Å². The Labute approximate surface area is 240 Å². The van der Waals surface area contributed by atoms with E-state index in [0.29, 0.717) is 52.1 Å². The van der Waals surface area contributed by atoms with E-state index in [4.69, 9.17) is 30.2 Å². The lowest BCUT2D eigenvalue weighted by Gasteiger charge is -2.10. The molecule has 0 saturated heterocycles. The highest BCUT2D eigenvalue weighted by Gasteiger charge is 2.21. The van der Waals surface area contributed by atoms with E-state index in [1.54, 1.807) is 30.3 Å². The van der Waals surface area contributed by atoms with Gasteiger partial charge in [-0.15, -0.1) is 0 Å². The molecule has 2 heterocycles. The first-order valence-corrected chi connectivity index (χ1v) is 13.3. The second-order valence-corrected chi connectivity index (χ2v) is 9.11. The van der Waals surface area contributed by atoms with Gasteiger partial charge in [-0.05, 0) is 74.0 Å². The molecule has 0 radical (unpaired) electrons. The number of nitrogens with one attached hydrogen (secondary N) is 2. The number of aromatic nitrogens is 1. The van der Waals surface area contributed by atoms with Crippen molar-refractivity contribution in [3.8, 4) is 28.4 Å². The normalized spacial score (nSPS) is 11.1. The molecule has 2 aromatic heterocycles. The minimum Gasteiger partial charge on any atom is -0.494 e. The molecule has 5 aromatic rings. The molecule has 2 N–H and O–H groups in total. The second kappa shape index (κ2) is 12.4. The number of aromatic amines is 1. The summed E-state index contributed by atoms with van der Waals surface area (Å²) in [4.78, 5) is 28.9. The largest absolute Gasteiger partial charge is 0.494 e. The minimum atomic E-state index is -0.648. The van der Waals surface area contributed by atoms with Crippen LogP contribution in [-0.4, -0.2) is 36.3 Å². The smallest absolute Gasteiger partial charge is 0.379 e. The molecule has 10 heteroatoms. The van der Waals surface area contributed by atoms with E-state index in [9.17, 15) is 9.59 Å². The van der Waals surface area contributed by atoms with Crippen molar-refractivity contribution < 1.29 is 28.2 Å². The van der Waals surface area contributed by atoms with Gasteiger partial charge in [0.05, 0.1) is 25.7 Å². The van der Waals surface area contributed by atoms with Gasteiger partial charge >= 0.3 is 5.97 Å². The van der Waals surface area contributed by atoms with Crippen molar-refractivity contribution in [3.63, 3.8) is 0 Å². The summed E-state index contributed by atoms with van der Waals surface area (Å²) < 4.78 is 21.8. The maximum Gasteiger partial charge on any atom is 0.379 e. The molecule has 1 amide bonds. The Hall–Kier alpha value is -5.02. The molecule has 0 bridgehead atoms. The number of H-pyrrole nitrogens is 1. The number of nitrogens with zero attached hydrogens (tertiary/aromatic N) is 1. The van der Waals surface area contributed by atoms with Crippen LogP contribution in [0.1, 0.15) is 40.5 Å². The van der Waals surface area contributed by atoms with Gasteiger partial charge in [0.15, 0.2) is 11.5 Å². The monoisotopic (exact) mass is 571 g/mol. The van der Waals surface area contributed by atoms with Gasteiger partial charge in [0.25, 0.3) is 5.91 Å². The SMILES string of the molecule is CCOc1ccc2[nH]c(C(=O)NN=Cc3ccc(OC(=O)c4ccco4)c(OCC)c3)c(-c3ccccc3Cl)c2c1. The van der Waals surface area contributed by atoms with E-state index in [1.165, 1.54) is 18.5 Å². The summed E-state index contributed by atoms with van der Waals surface area (Å²) in [6.45, 7) is 4.58. The number of ether oxygens (including phenoxy) is 3. The number of furan rings is 1. The van der Waals surface area contributed by atoms with E-state index < -0.39 is 11.9 Å². The Morgan fingerprint density at radius 3 is 2.56 bits per heavy atom. The average molecular weight is 572 g/mol. The first-order chi connectivity index (χ1) is 20.0. The molecule has 0 saturated carbocycles. The van der Waals surface area contributed by atoms with Gasteiger partial charge in [0.1, 0.15) is 11.4 Å². The molecule has 0 aliphatic carbocycles. The summed E-state index contributed by atoms with van der Waals surface area (Å²) in [5, 5.41) is 5.44. The van der Waals surface area contributed by atoms with Gasteiger partial charge in [0.2, 0.25) is 5.76 Å². The summed E-state index contributed by atoms with van der Waals surface area (Å²) in [6, 6.07) is 20.9. The van der Waals surface area contributed by atoms with E-state index in [-0.39, 0.29) is 11.5 Å². The fourth-order valence-electron chi connectivity index (χ4n) is 4.27. The zero-order valence-electron chi connectivity index (χ0n) is 22.3. The second-order valence-electron chi connectivity index (χ2n) is 8.70. The molecule has 5 rings (SSSR count). The molecule has 0 aliphatic rings. The maximum atomic E-state index is 13.4. The highest BCUT2D eigenvalue weighted by atomic mass is 35.5. The highest BCUT2D eigenvalue weighted by molar-refractivity contribution is 6.34. The van der Waals surface area contributed by atoms with Crippen molar-refractivity contribution in [2.75, 3.05) is 13.2 Å². The van der Waals surface area contributed by atoms with Crippen LogP contribution < -0.4 is 19.6 Å². The zero-order valence-corrected chi connectivity index (χ0v) is 23.0. The third kappa shape index (κ3) is 6.10. The Morgan fingerprint density at radius 1 is 0.976 bits per heavy atom. The van der Waals surface area contributed by atoms with Crippen LogP contribution in [0, 0.1) is 0 Å². The number of carbonyl (C=O) groups excluding carboxylic acids is 2. The number of rotatable bonds is 10. The number of esters is 1. The molecule has 0 unspecified atom stereocenters. The van der Waals surface area contributed by atoms with Crippen molar-refractivity contribution >= 4 is 40.6 Å². The summed E-state index contributed by atoms with van der Waals surface area (Å²) in [7, 11) is 0. The number of carbonyl (C=O) groups is 2. The molecule has 0 spiro atoms. The molecule has 3 aromatic carbocycles. The summed E-state index contributed by atoms with van der Waals surface area (Å²) in [6.07, 6.45) is 2.85. The van der Waals surface area contributed by atoms with Gasteiger partial charge < -0.3 is 23.6 Å². The van der Waals surface area contributed by atoms with Crippen molar-refractivity contribution in [1.29, 1.82) is 0 Å². The molecule has 9 nitrogen and oxygen atoms in total. The number of benzene rings is 3. The van der Waals surface area contributed by atoms with Crippen LogP contribution >= 0.6 is 11.6 Å². The topological polar surface area (TPSA) is 115 Å². The van der Waals surface area contributed by atoms with E-state index >= 15 is 0 Å². The van der Waals surface area contributed by atoms with Crippen LogP contribution in [0.5, 0.6) is 17.2 Å². The van der Waals surface area contributed by atoms with Gasteiger partial charge in [-0.3, -0.25) is 4.79 Å². The molecular weight excluding hydrogens is 546 g/mol. The molecule has 41 heavy (non-hydrogen) atoms. The third-order valence-electron chi connectivity index (χ3n) is 6.02. The minimum absolute atomic E-state index is 0.0723. The van der Waals surface area contributed by atoms with E-state index in [0.717, 1.165) is 10.9 Å². The Kier molecular flexibility index (Phi) is 8.36. The zero-order chi connectivity index (χ0) is 28.8. The first kappa shape index (κ1) is 27.5. The fraction of sp³-hybridized carbons (Fsp3) is 0.129. The number of halogens is 1. The van der Waals surface area contributed by atoms with E-state index in [1.807, 2.05) is 50.2 Å². The molecule has 0 aliphatic heterocycles. The lowest BCUT2D eigenvalue weighted by atomic mass is 10.0. The van der Waals surface area contributed by atoms with Gasteiger partial charge in [-0.1, -0.05) is 29.8 Å². The molecule has 0 atom stereocenters. The highest BCUT2D eigenvalue weighted by Crippen LogP contribution is 2.38. The quantitative estimate of drug-likeness (QED) is 0.0818. The Balaban J connectivity index is 1.40. The number of fused-ring (bicyclic) bond motifs is 1. The van der Waals surface area contributed by atoms with Crippen LogP contribution in [0.4, 0.5) is 0 Å². The Bertz CT molecular complexity index is 1730. The molecule has 0 fully saturated rings. The van der Waals surface area contributed by atoms with Crippen LogP contribution in [0.25, 0.3) is 22.0 Å². The van der Waals surface area contributed by atoms with Crippen molar-refractivity contribution in [3.05, 3.63) is 101 Å². The molecular formula is C31H26ClN3O6. The number of hydrogen-bond donors (Lipinski definition) is 2. The number of amides is 1. The predicted octanol–water partition coefficient (Wildman–Crippen LogP) is 6.86. The van der Waals surface area contributed by atoms with Crippen LogP contribution in [0.15, 0.2) is 88.6 Å². The standard InChI is InChI=1S/C31H26ClN3O6/c1-3-38-20-12-13-24-22(17-20)28(21-8-5-6-9-23(21)32)29(34-24)30(36)35-33-18-19-11-14-25(27(16-19)39-4-2)41-31(37)26-10-7-15-40-26/h5-18,34H,3-4H2,1-2H3,(H,35,36). The maximum absolute atomic E-state index is 13.4. The van der Waals surface area contributed by atoms with Crippen molar-refractivity contribution in [2.24, 2.45) is 5.10 Å². The third-order valence-corrected chi connectivity index (χ3v) is 6.35. The van der Waals surface area contributed by atoms with Gasteiger partial charge in [-0.2, -0.15) is 5.10 Å². The predicted molar refractivity (Wildman–Crippen MR) is 156 cm³/mol. The Morgan fingerprint density at radius 2 is 1.80 bits per heavy atom. The number of hydrogen-bond acceptors (Lipinski definition) is 7. The van der Waals surface area contributed by atoms with Crippen LogP contribution in [0.3, 0.4) is 0 Å². The van der Waals surface area contributed by atoms with Gasteiger partial charge in [0, 0.05) is 27.1 Å². The van der Waals surface area contributed by atoms with E-state index in [2.05, 4.69) is 15.5 Å². The van der Waals surface area contributed by atoms with Crippen molar-refractivity contribution in [1.82, 2.24) is 10.4 Å². The lowest BCUT2D eigenvalue weighted by molar-refractivity contribution is 0.0695. The van der Waals surface area contributed by atoms with Gasteiger partial charge in [-0.25, -0.2) is 10.2 Å². The number of hydrazone groups is 1.